The molecular weight excluding hydrogens is 346 g/mol. The van der Waals surface area contributed by atoms with Crippen molar-refractivity contribution in [3.63, 3.8) is 0 Å². The van der Waals surface area contributed by atoms with Gasteiger partial charge in [-0.15, -0.1) is 0 Å². The van der Waals surface area contributed by atoms with Gasteiger partial charge < -0.3 is 20.0 Å². The molecule has 142 valence electrons. The van der Waals surface area contributed by atoms with Crippen molar-refractivity contribution in [3.8, 4) is 0 Å². The number of hydrogen-bond acceptors (Lipinski definition) is 4. The maximum Gasteiger partial charge on any atom is 0.239 e. The van der Waals surface area contributed by atoms with Crippen LogP contribution in [0.15, 0.2) is 53.1 Å². The Labute approximate surface area is 157 Å². The van der Waals surface area contributed by atoms with Crippen LogP contribution >= 0.6 is 0 Å². The minimum atomic E-state index is -0.411. The molecule has 1 unspecified atom stereocenters. The van der Waals surface area contributed by atoms with Gasteiger partial charge in [0.1, 0.15) is 5.76 Å². The summed E-state index contributed by atoms with van der Waals surface area (Å²) in [6.07, 6.45) is 2.48. The maximum atomic E-state index is 12.3. The molecule has 7 nitrogen and oxygen atoms in total. The van der Waals surface area contributed by atoms with Crippen LogP contribution in [-0.2, 0) is 27.3 Å². The SMILES string of the molecule is O=C(CNC(=O)C1CC(=O)N(CCc2ccccc2)C1)NCc1ccco1. The van der Waals surface area contributed by atoms with Gasteiger partial charge >= 0.3 is 0 Å². The van der Waals surface area contributed by atoms with Crippen molar-refractivity contribution in [2.75, 3.05) is 19.6 Å². The Morgan fingerprint density at radius 3 is 2.67 bits per heavy atom. The average Bonchev–Trinajstić information content (AvgIpc) is 3.33. The number of rotatable bonds is 8. The molecule has 0 aliphatic carbocycles. The van der Waals surface area contributed by atoms with Crippen molar-refractivity contribution in [1.29, 1.82) is 0 Å². The summed E-state index contributed by atoms with van der Waals surface area (Å²) in [5.74, 6) is -0.353. The third-order valence-electron chi connectivity index (χ3n) is 4.56. The summed E-state index contributed by atoms with van der Waals surface area (Å²) in [4.78, 5) is 37.9. The van der Waals surface area contributed by atoms with Crippen LogP contribution in [0.3, 0.4) is 0 Å². The van der Waals surface area contributed by atoms with E-state index in [0.717, 1.165) is 12.0 Å². The van der Waals surface area contributed by atoms with Crippen molar-refractivity contribution >= 4 is 17.7 Å². The third kappa shape index (κ3) is 5.44. The number of hydrogen-bond donors (Lipinski definition) is 2. The fourth-order valence-electron chi connectivity index (χ4n) is 3.05. The van der Waals surface area contributed by atoms with Gasteiger partial charge in [0.15, 0.2) is 0 Å². The van der Waals surface area contributed by atoms with Crippen LogP contribution in [0.25, 0.3) is 0 Å². The summed E-state index contributed by atoms with van der Waals surface area (Å²) in [5.41, 5.74) is 1.16. The number of carbonyl (C=O) groups is 3. The quantitative estimate of drug-likeness (QED) is 0.729. The lowest BCUT2D eigenvalue weighted by atomic mass is 10.1. The number of benzene rings is 1. The Morgan fingerprint density at radius 1 is 1.11 bits per heavy atom. The molecule has 1 atom stereocenters. The van der Waals surface area contributed by atoms with Crippen molar-refractivity contribution in [2.45, 2.75) is 19.4 Å². The summed E-state index contributed by atoms with van der Waals surface area (Å²) < 4.78 is 5.12. The predicted octanol–water partition coefficient (Wildman–Crippen LogP) is 1.10. The smallest absolute Gasteiger partial charge is 0.239 e. The molecule has 3 amide bonds. The molecule has 1 fully saturated rings. The van der Waals surface area contributed by atoms with Gasteiger partial charge in [-0.1, -0.05) is 30.3 Å². The first-order valence-electron chi connectivity index (χ1n) is 9.00. The fourth-order valence-corrected chi connectivity index (χ4v) is 3.05. The van der Waals surface area contributed by atoms with E-state index < -0.39 is 5.92 Å². The van der Waals surface area contributed by atoms with Gasteiger partial charge in [-0.2, -0.15) is 0 Å². The minimum Gasteiger partial charge on any atom is -0.467 e. The highest BCUT2D eigenvalue weighted by Crippen LogP contribution is 2.18. The second-order valence-electron chi connectivity index (χ2n) is 6.55. The highest BCUT2D eigenvalue weighted by Gasteiger charge is 2.33. The minimum absolute atomic E-state index is 0.0200. The molecule has 1 aromatic heterocycles. The van der Waals surface area contributed by atoms with E-state index in [9.17, 15) is 14.4 Å². The first-order valence-corrected chi connectivity index (χ1v) is 9.00. The van der Waals surface area contributed by atoms with Gasteiger partial charge in [0.2, 0.25) is 17.7 Å². The summed E-state index contributed by atoms with van der Waals surface area (Å²) in [6.45, 7) is 1.15. The number of amides is 3. The van der Waals surface area contributed by atoms with Gasteiger partial charge in [0.05, 0.1) is 25.3 Å². The zero-order valence-electron chi connectivity index (χ0n) is 15.0. The highest BCUT2D eigenvalue weighted by atomic mass is 16.3. The van der Waals surface area contributed by atoms with E-state index in [-0.39, 0.29) is 37.2 Å². The molecule has 1 aliphatic heterocycles. The molecule has 0 spiro atoms. The second-order valence-corrected chi connectivity index (χ2v) is 6.55. The highest BCUT2D eigenvalue weighted by molar-refractivity contribution is 5.91. The van der Waals surface area contributed by atoms with Crippen LogP contribution in [0.2, 0.25) is 0 Å². The molecule has 2 heterocycles. The molecule has 1 saturated heterocycles. The standard InChI is InChI=1S/C20H23N3O4/c24-18(21-12-17-7-4-10-27-17)13-22-20(26)16-11-19(25)23(14-16)9-8-15-5-2-1-3-6-15/h1-7,10,16H,8-9,11-14H2,(H,21,24)(H,22,26). The van der Waals surface area contributed by atoms with Gasteiger partial charge in [0.25, 0.3) is 0 Å². The molecule has 2 N–H and O–H groups in total. The molecule has 2 aromatic rings. The zero-order valence-corrected chi connectivity index (χ0v) is 15.0. The first-order chi connectivity index (χ1) is 13.1. The summed E-state index contributed by atoms with van der Waals surface area (Å²) >= 11 is 0. The average molecular weight is 369 g/mol. The number of nitrogens with zero attached hydrogens (tertiary/aromatic N) is 1. The Bertz CT molecular complexity index is 774. The van der Waals surface area contributed by atoms with E-state index in [1.54, 1.807) is 17.0 Å². The van der Waals surface area contributed by atoms with Gasteiger partial charge in [-0.3, -0.25) is 14.4 Å². The number of carbonyl (C=O) groups excluding carboxylic acids is 3. The van der Waals surface area contributed by atoms with E-state index in [1.165, 1.54) is 6.26 Å². The van der Waals surface area contributed by atoms with Crippen LogP contribution in [0.4, 0.5) is 0 Å². The van der Waals surface area contributed by atoms with Crippen LogP contribution in [0.5, 0.6) is 0 Å². The molecule has 0 radical (unpaired) electrons. The maximum absolute atomic E-state index is 12.3. The molecule has 1 aromatic carbocycles. The van der Waals surface area contributed by atoms with E-state index in [1.807, 2.05) is 30.3 Å². The topological polar surface area (TPSA) is 91.7 Å². The Morgan fingerprint density at radius 2 is 1.93 bits per heavy atom. The molecule has 1 aliphatic rings. The molecule has 0 saturated carbocycles. The normalized spacial score (nSPS) is 16.4. The molecular formula is C20H23N3O4. The van der Waals surface area contributed by atoms with Gasteiger partial charge in [-0.05, 0) is 24.1 Å². The van der Waals surface area contributed by atoms with E-state index >= 15 is 0 Å². The summed E-state index contributed by atoms with van der Waals surface area (Å²) in [7, 11) is 0. The largest absolute Gasteiger partial charge is 0.467 e. The first kappa shape index (κ1) is 18.7. The number of nitrogens with one attached hydrogen (secondary N) is 2. The summed E-state index contributed by atoms with van der Waals surface area (Å²) in [5, 5.41) is 5.27. The van der Waals surface area contributed by atoms with Crippen molar-refractivity contribution in [1.82, 2.24) is 15.5 Å². The lowest BCUT2D eigenvalue weighted by molar-refractivity contribution is -0.129. The van der Waals surface area contributed by atoms with Crippen molar-refractivity contribution in [3.05, 3.63) is 60.1 Å². The Hall–Kier alpha value is -3.09. The molecule has 0 bridgehead atoms. The summed E-state index contributed by atoms with van der Waals surface area (Å²) in [6, 6.07) is 13.4. The lowest BCUT2D eigenvalue weighted by Crippen LogP contribution is -2.40. The van der Waals surface area contributed by atoms with Gasteiger partial charge in [0, 0.05) is 19.5 Å². The molecule has 7 heteroatoms. The number of likely N-dealkylation sites (tertiary alicyclic amines) is 1. The molecule has 3 rings (SSSR count). The van der Waals surface area contributed by atoms with Gasteiger partial charge in [-0.25, -0.2) is 0 Å². The van der Waals surface area contributed by atoms with Crippen LogP contribution in [0.1, 0.15) is 17.7 Å². The Balaban J connectivity index is 1.38. The van der Waals surface area contributed by atoms with E-state index in [0.29, 0.717) is 18.8 Å². The number of furan rings is 1. The van der Waals surface area contributed by atoms with E-state index in [2.05, 4.69) is 10.6 Å². The molecule has 27 heavy (non-hydrogen) atoms. The zero-order chi connectivity index (χ0) is 19.1. The fraction of sp³-hybridized carbons (Fsp3) is 0.350. The predicted molar refractivity (Wildman–Crippen MR) is 98.4 cm³/mol. The van der Waals surface area contributed by atoms with Crippen molar-refractivity contribution in [2.24, 2.45) is 5.92 Å². The van der Waals surface area contributed by atoms with Crippen LogP contribution in [0, 0.1) is 5.92 Å². The van der Waals surface area contributed by atoms with Crippen LogP contribution in [-0.4, -0.2) is 42.3 Å². The second kappa shape index (κ2) is 9.02. The van der Waals surface area contributed by atoms with Crippen LogP contribution < -0.4 is 10.6 Å². The third-order valence-corrected chi connectivity index (χ3v) is 4.56. The van der Waals surface area contributed by atoms with E-state index in [4.69, 9.17) is 4.42 Å². The lowest BCUT2D eigenvalue weighted by Gasteiger charge is -2.16. The van der Waals surface area contributed by atoms with Crippen molar-refractivity contribution < 1.29 is 18.8 Å². The monoisotopic (exact) mass is 369 g/mol. The Kier molecular flexibility index (Phi) is 6.25.